The number of aliphatic hydroxyl groups is 1. The summed E-state index contributed by atoms with van der Waals surface area (Å²) >= 11 is 3.42. The number of halogens is 1. The molecule has 2 rings (SSSR count). The van der Waals surface area contributed by atoms with Crippen molar-refractivity contribution < 1.29 is 9.84 Å². The number of aromatic nitrogens is 1. The largest absolute Gasteiger partial charge is 0.389 e. The Morgan fingerprint density at radius 2 is 2.44 bits per heavy atom. The van der Waals surface area contributed by atoms with Gasteiger partial charge in [-0.3, -0.25) is 0 Å². The monoisotopic (exact) mass is 286 g/mol. The molecule has 4 nitrogen and oxygen atoms in total. The van der Waals surface area contributed by atoms with Crippen LogP contribution in [0.2, 0.25) is 0 Å². The highest BCUT2D eigenvalue weighted by atomic mass is 79.9. The van der Waals surface area contributed by atoms with Crippen LogP contribution in [-0.4, -0.2) is 42.5 Å². The van der Waals surface area contributed by atoms with Crippen molar-refractivity contribution >= 4 is 21.7 Å². The molecule has 0 bridgehead atoms. The molecule has 16 heavy (non-hydrogen) atoms. The van der Waals surface area contributed by atoms with Gasteiger partial charge in [-0.15, -0.1) is 0 Å². The Morgan fingerprint density at radius 3 is 3.06 bits per heavy atom. The van der Waals surface area contributed by atoms with E-state index in [1.165, 1.54) is 0 Å². The molecule has 0 radical (unpaired) electrons. The van der Waals surface area contributed by atoms with Gasteiger partial charge in [0.25, 0.3) is 0 Å². The molecule has 1 aromatic rings. The average Bonchev–Trinajstić information content (AvgIpc) is 2.29. The lowest BCUT2D eigenvalue weighted by atomic mass is 10.1. The summed E-state index contributed by atoms with van der Waals surface area (Å²) in [5.41, 5.74) is 0. The molecule has 1 N–H and O–H groups in total. The minimum Gasteiger partial charge on any atom is -0.389 e. The minimum absolute atomic E-state index is 0.0524. The maximum atomic E-state index is 9.86. The number of anilines is 1. The molecule has 0 saturated carbocycles. The van der Waals surface area contributed by atoms with Crippen LogP contribution in [0.1, 0.15) is 6.42 Å². The van der Waals surface area contributed by atoms with Crippen molar-refractivity contribution in [3.63, 3.8) is 0 Å². The second-order valence-corrected chi connectivity index (χ2v) is 4.82. The lowest BCUT2D eigenvalue weighted by Gasteiger charge is -2.35. The van der Waals surface area contributed by atoms with E-state index in [4.69, 9.17) is 4.74 Å². The van der Waals surface area contributed by atoms with E-state index >= 15 is 0 Å². The topological polar surface area (TPSA) is 45.6 Å². The lowest BCUT2D eigenvalue weighted by molar-refractivity contribution is -0.0218. The summed E-state index contributed by atoms with van der Waals surface area (Å²) in [6, 6.07) is 3.85. The number of hydrogen-bond acceptors (Lipinski definition) is 4. The standard InChI is InChI=1S/C11H15BrN2O2/c1-16-10-3-5-14(7-9(10)15)11-6-8(12)2-4-13-11/h2,4,6,9-10,15H,3,5,7H2,1H3/t9-,10-/m0/s1. The van der Waals surface area contributed by atoms with Crippen molar-refractivity contribution in [2.24, 2.45) is 0 Å². The number of nitrogens with zero attached hydrogens (tertiary/aromatic N) is 2. The van der Waals surface area contributed by atoms with Crippen LogP contribution in [0.3, 0.4) is 0 Å². The second-order valence-electron chi connectivity index (χ2n) is 3.91. The van der Waals surface area contributed by atoms with Crippen molar-refractivity contribution in [1.29, 1.82) is 0 Å². The normalized spacial score (nSPS) is 25.8. The molecule has 0 aromatic carbocycles. The third kappa shape index (κ3) is 2.53. The fourth-order valence-corrected chi connectivity index (χ4v) is 2.28. The van der Waals surface area contributed by atoms with E-state index in [-0.39, 0.29) is 6.10 Å². The highest BCUT2D eigenvalue weighted by Crippen LogP contribution is 2.22. The van der Waals surface area contributed by atoms with Crippen LogP contribution in [0.15, 0.2) is 22.8 Å². The number of pyridine rings is 1. The van der Waals surface area contributed by atoms with E-state index in [1.807, 2.05) is 12.1 Å². The van der Waals surface area contributed by atoms with Crippen LogP contribution in [-0.2, 0) is 4.74 Å². The summed E-state index contributed by atoms with van der Waals surface area (Å²) in [5, 5.41) is 9.86. The van der Waals surface area contributed by atoms with E-state index in [9.17, 15) is 5.11 Å². The fourth-order valence-electron chi connectivity index (χ4n) is 1.96. The summed E-state index contributed by atoms with van der Waals surface area (Å²) in [6.07, 6.45) is 2.09. The number of hydrogen-bond donors (Lipinski definition) is 1. The van der Waals surface area contributed by atoms with Gasteiger partial charge < -0.3 is 14.7 Å². The summed E-state index contributed by atoms with van der Waals surface area (Å²) in [4.78, 5) is 6.37. The molecular weight excluding hydrogens is 272 g/mol. The number of rotatable bonds is 2. The van der Waals surface area contributed by atoms with E-state index in [0.29, 0.717) is 6.54 Å². The first-order chi connectivity index (χ1) is 7.70. The number of aliphatic hydroxyl groups excluding tert-OH is 1. The number of β-amino-alcohol motifs (C(OH)–C–C–N with tert-alkyl or cyclic N) is 1. The molecule has 0 unspecified atom stereocenters. The van der Waals surface area contributed by atoms with Crippen molar-refractivity contribution in [1.82, 2.24) is 4.98 Å². The summed E-state index contributed by atoms with van der Waals surface area (Å²) in [6.45, 7) is 1.43. The molecule has 1 aromatic heterocycles. The molecule has 1 fully saturated rings. The minimum atomic E-state index is -0.445. The molecule has 88 valence electrons. The first-order valence-corrected chi connectivity index (χ1v) is 6.07. The summed E-state index contributed by atoms with van der Waals surface area (Å²) in [7, 11) is 1.64. The Hall–Kier alpha value is -0.650. The van der Waals surface area contributed by atoms with Crippen LogP contribution in [0.25, 0.3) is 0 Å². The van der Waals surface area contributed by atoms with Crippen LogP contribution in [0.4, 0.5) is 5.82 Å². The van der Waals surface area contributed by atoms with Gasteiger partial charge in [0.1, 0.15) is 5.82 Å². The fraction of sp³-hybridized carbons (Fsp3) is 0.545. The predicted molar refractivity (Wildman–Crippen MR) is 65.6 cm³/mol. The molecule has 0 spiro atoms. The van der Waals surface area contributed by atoms with Crippen LogP contribution in [0.5, 0.6) is 0 Å². The third-order valence-electron chi connectivity index (χ3n) is 2.85. The Kier molecular flexibility index (Phi) is 3.78. The molecule has 0 amide bonds. The van der Waals surface area contributed by atoms with Gasteiger partial charge in [-0.05, 0) is 18.6 Å². The summed E-state index contributed by atoms with van der Waals surface area (Å²) < 4.78 is 6.21. The quantitative estimate of drug-likeness (QED) is 0.894. The predicted octanol–water partition coefficient (Wildman–Crippen LogP) is 1.43. The average molecular weight is 287 g/mol. The highest BCUT2D eigenvalue weighted by Gasteiger charge is 2.28. The van der Waals surface area contributed by atoms with E-state index in [0.717, 1.165) is 23.3 Å². The van der Waals surface area contributed by atoms with Gasteiger partial charge in [0.2, 0.25) is 0 Å². The maximum Gasteiger partial charge on any atom is 0.129 e. The molecule has 2 heterocycles. The van der Waals surface area contributed by atoms with Crippen molar-refractivity contribution in [3.8, 4) is 0 Å². The zero-order chi connectivity index (χ0) is 11.5. The van der Waals surface area contributed by atoms with Crippen LogP contribution in [0, 0.1) is 0 Å². The molecule has 5 heteroatoms. The molecule has 1 aliphatic rings. The zero-order valence-electron chi connectivity index (χ0n) is 9.14. The van der Waals surface area contributed by atoms with Gasteiger partial charge in [0.15, 0.2) is 0 Å². The number of piperidine rings is 1. The van der Waals surface area contributed by atoms with Crippen LogP contribution < -0.4 is 4.90 Å². The van der Waals surface area contributed by atoms with Crippen molar-refractivity contribution in [3.05, 3.63) is 22.8 Å². The third-order valence-corrected chi connectivity index (χ3v) is 3.35. The zero-order valence-corrected chi connectivity index (χ0v) is 10.7. The van der Waals surface area contributed by atoms with Gasteiger partial charge in [-0.1, -0.05) is 15.9 Å². The van der Waals surface area contributed by atoms with Gasteiger partial charge in [-0.25, -0.2) is 4.98 Å². The van der Waals surface area contributed by atoms with E-state index in [1.54, 1.807) is 13.3 Å². The molecule has 2 atom stereocenters. The maximum absolute atomic E-state index is 9.86. The Labute approximate surface area is 103 Å². The smallest absolute Gasteiger partial charge is 0.129 e. The van der Waals surface area contributed by atoms with Gasteiger partial charge >= 0.3 is 0 Å². The number of ether oxygens (including phenoxy) is 1. The molecule has 1 aliphatic heterocycles. The van der Waals surface area contributed by atoms with Gasteiger partial charge in [0.05, 0.1) is 12.2 Å². The molecular formula is C11H15BrN2O2. The van der Waals surface area contributed by atoms with Gasteiger partial charge in [-0.2, -0.15) is 0 Å². The van der Waals surface area contributed by atoms with Crippen LogP contribution >= 0.6 is 15.9 Å². The van der Waals surface area contributed by atoms with Crippen molar-refractivity contribution in [2.45, 2.75) is 18.6 Å². The highest BCUT2D eigenvalue weighted by molar-refractivity contribution is 9.10. The van der Waals surface area contributed by atoms with E-state index < -0.39 is 6.10 Å². The Balaban J connectivity index is 2.07. The first-order valence-electron chi connectivity index (χ1n) is 5.28. The SMILES string of the molecule is CO[C@H]1CCN(c2cc(Br)ccn2)C[C@@H]1O. The number of methoxy groups -OCH3 is 1. The summed E-state index contributed by atoms with van der Waals surface area (Å²) in [5.74, 6) is 0.892. The van der Waals surface area contributed by atoms with Crippen molar-refractivity contribution in [2.75, 3.05) is 25.1 Å². The Morgan fingerprint density at radius 1 is 1.62 bits per heavy atom. The lowest BCUT2D eigenvalue weighted by Crippen LogP contribution is -2.47. The molecule has 0 aliphatic carbocycles. The van der Waals surface area contributed by atoms with E-state index in [2.05, 4.69) is 25.8 Å². The molecule has 1 saturated heterocycles. The van der Waals surface area contributed by atoms with Gasteiger partial charge in [0, 0.05) is 30.9 Å². The Bertz CT molecular complexity index is 362. The first kappa shape index (κ1) is 11.8. The second kappa shape index (κ2) is 5.12.